The maximum absolute atomic E-state index is 13.7. The molecule has 0 bridgehead atoms. The molecule has 2 aromatic rings. The van der Waals surface area contributed by atoms with Crippen LogP contribution in [0.1, 0.15) is 43.6 Å². The molecule has 0 radical (unpaired) electrons. The predicted octanol–water partition coefficient (Wildman–Crippen LogP) is 2.76. The van der Waals surface area contributed by atoms with E-state index in [4.69, 9.17) is 4.74 Å². The van der Waals surface area contributed by atoms with Crippen molar-refractivity contribution < 1.29 is 24.2 Å². The van der Waals surface area contributed by atoms with Crippen molar-refractivity contribution in [3.8, 4) is 0 Å². The van der Waals surface area contributed by atoms with Crippen molar-refractivity contribution in [1.29, 1.82) is 0 Å². The van der Waals surface area contributed by atoms with E-state index >= 15 is 0 Å². The highest BCUT2D eigenvalue weighted by atomic mass is 32.2. The van der Waals surface area contributed by atoms with Gasteiger partial charge in [-0.3, -0.25) is 14.5 Å². The van der Waals surface area contributed by atoms with Gasteiger partial charge in [0.2, 0.25) is 5.16 Å². The lowest BCUT2D eigenvalue weighted by Gasteiger charge is -2.55. The predicted molar refractivity (Wildman–Crippen MR) is 131 cm³/mol. The summed E-state index contributed by atoms with van der Waals surface area (Å²) in [5, 5.41) is 21.3. The van der Waals surface area contributed by atoms with Gasteiger partial charge >= 0.3 is 5.97 Å². The zero-order valence-corrected chi connectivity index (χ0v) is 21.9. The first-order valence-electron chi connectivity index (χ1n) is 10.9. The molecule has 1 N–H and O–H groups in total. The molecule has 0 saturated carbocycles. The molecule has 12 heteroatoms. The Kier molecular flexibility index (Phi) is 6.58. The van der Waals surface area contributed by atoms with E-state index in [2.05, 4.69) is 15.5 Å². The minimum absolute atomic E-state index is 0.134. The third kappa shape index (κ3) is 4.38. The third-order valence-electron chi connectivity index (χ3n) is 6.10. The van der Waals surface area contributed by atoms with E-state index in [1.54, 1.807) is 40.9 Å². The number of carboxylic acids is 1. The van der Waals surface area contributed by atoms with Gasteiger partial charge < -0.3 is 9.84 Å². The number of carbonyl (C=O) groups excluding carboxylic acids is 2. The van der Waals surface area contributed by atoms with Crippen LogP contribution in [0.5, 0.6) is 0 Å². The van der Waals surface area contributed by atoms with Crippen LogP contribution in [0, 0.1) is 5.41 Å². The Labute approximate surface area is 211 Å². The smallest absolute Gasteiger partial charge is 0.335 e. The highest BCUT2D eigenvalue weighted by molar-refractivity contribution is 8.18. The number of tetrazole rings is 1. The van der Waals surface area contributed by atoms with Crippen LogP contribution in [0.25, 0.3) is 0 Å². The molecule has 0 spiro atoms. The number of aromatic nitrogens is 4. The molecule has 0 aliphatic carbocycles. The maximum Gasteiger partial charge on any atom is 0.335 e. The summed E-state index contributed by atoms with van der Waals surface area (Å²) in [6.07, 6.45) is -0.237. The van der Waals surface area contributed by atoms with Gasteiger partial charge in [0.15, 0.2) is 11.9 Å². The van der Waals surface area contributed by atoms with E-state index in [0.29, 0.717) is 17.3 Å². The number of methoxy groups -OCH3 is 1. The molecule has 2 aliphatic rings. The molecule has 1 aromatic heterocycles. The average Bonchev–Trinajstić information content (AvgIpc) is 3.19. The number of fused-ring (bicyclic) bond motifs is 1. The van der Waals surface area contributed by atoms with Gasteiger partial charge in [0.1, 0.15) is 5.37 Å². The number of benzene rings is 1. The fraction of sp³-hybridized carbons (Fsp3) is 0.478. The Hall–Kier alpha value is -2.70. The minimum Gasteiger partial charge on any atom is -0.478 e. The highest BCUT2D eigenvalue weighted by Crippen LogP contribution is 2.59. The number of ether oxygens (including phenoxy) is 1. The topological polar surface area (TPSA) is 128 Å². The lowest BCUT2D eigenvalue weighted by Crippen LogP contribution is -2.68. The van der Waals surface area contributed by atoms with Crippen molar-refractivity contribution in [1.82, 2.24) is 25.1 Å². The Morgan fingerprint density at radius 2 is 1.91 bits per heavy atom. The summed E-state index contributed by atoms with van der Waals surface area (Å²) in [4.78, 5) is 39.5. The van der Waals surface area contributed by atoms with Crippen LogP contribution in [0.3, 0.4) is 0 Å². The number of rotatable bonds is 7. The zero-order valence-electron chi connectivity index (χ0n) is 20.3. The van der Waals surface area contributed by atoms with E-state index in [-0.39, 0.29) is 17.3 Å². The Balaban J connectivity index is 1.88. The van der Waals surface area contributed by atoms with E-state index < -0.39 is 26.9 Å². The number of aromatic carboxylic acids is 1. The normalized spacial score (nSPS) is 24.3. The van der Waals surface area contributed by atoms with Crippen LogP contribution in [0.15, 0.2) is 40.7 Å². The van der Waals surface area contributed by atoms with Crippen molar-refractivity contribution >= 4 is 41.2 Å². The Bertz CT molecular complexity index is 1220. The van der Waals surface area contributed by atoms with Gasteiger partial charge in [-0.25, -0.2) is 9.48 Å². The molecule has 2 aliphatic heterocycles. The molecule has 1 aromatic carbocycles. The SMILES string of the molecule is CO[C@H]1C(=O)N2C(C(=O)C(C)(C)C)=C(C)C(Cc3ccc(C(=O)O)cc3)(Sc3nnnn3C)S[C@H]12. The van der Waals surface area contributed by atoms with E-state index in [1.807, 2.05) is 27.7 Å². The Morgan fingerprint density at radius 3 is 2.43 bits per heavy atom. The molecule has 4 rings (SSSR count). The van der Waals surface area contributed by atoms with Crippen molar-refractivity contribution in [3.05, 3.63) is 46.7 Å². The lowest BCUT2D eigenvalue weighted by molar-refractivity contribution is -0.160. The number of aryl methyl sites for hydroxylation is 1. The molecule has 186 valence electrons. The lowest BCUT2D eigenvalue weighted by atomic mass is 9.84. The summed E-state index contributed by atoms with van der Waals surface area (Å²) in [5.41, 5.74) is 1.46. The van der Waals surface area contributed by atoms with Crippen molar-refractivity contribution in [2.45, 2.75) is 54.8 Å². The number of nitrogens with zero attached hydrogens (tertiary/aromatic N) is 5. The van der Waals surface area contributed by atoms with Crippen molar-refractivity contribution in [3.63, 3.8) is 0 Å². The summed E-state index contributed by atoms with van der Waals surface area (Å²) < 4.78 is 6.29. The number of β-lactam (4-membered cyclic amide) rings is 1. The highest BCUT2D eigenvalue weighted by Gasteiger charge is 2.60. The Morgan fingerprint density at radius 1 is 1.26 bits per heavy atom. The van der Waals surface area contributed by atoms with Crippen molar-refractivity contribution in [2.24, 2.45) is 12.5 Å². The summed E-state index contributed by atoms with van der Waals surface area (Å²) in [7, 11) is 3.23. The summed E-state index contributed by atoms with van der Waals surface area (Å²) in [6, 6.07) is 6.66. The van der Waals surface area contributed by atoms with Gasteiger partial charge in [-0.15, -0.1) is 16.9 Å². The van der Waals surface area contributed by atoms with Gasteiger partial charge in [-0.05, 0) is 40.6 Å². The molecular formula is C23H27N5O5S2. The number of amides is 1. The molecule has 3 atom stereocenters. The van der Waals surface area contributed by atoms with Crippen LogP contribution in [0.2, 0.25) is 0 Å². The second kappa shape index (κ2) is 9.07. The van der Waals surface area contributed by atoms with Crippen molar-refractivity contribution in [2.75, 3.05) is 7.11 Å². The van der Waals surface area contributed by atoms with Crippen LogP contribution in [-0.2, 0) is 27.8 Å². The van der Waals surface area contributed by atoms with Gasteiger partial charge in [0.25, 0.3) is 5.91 Å². The summed E-state index contributed by atoms with van der Waals surface area (Å²) in [5.74, 6) is -1.37. The standard InChI is InChI=1S/C23H27N5O5S2/c1-12-15(17(29)22(2,3)4)28-18(30)16(33-6)19(28)34-23(12,35-21-24-25-26-27(21)5)11-13-7-9-14(10-8-13)20(31)32/h7-10,16,19H,11H2,1-6H3,(H,31,32)/t16-,19+,23?/m0/s1. The first-order valence-corrected chi connectivity index (χ1v) is 12.6. The number of Topliss-reactive ketones (excluding diaryl/α,β-unsaturated/α-hetero) is 1. The van der Waals surface area contributed by atoms with Gasteiger partial charge in [0.05, 0.1) is 15.3 Å². The van der Waals surface area contributed by atoms with E-state index in [9.17, 15) is 19.5 Å². The van der Waals surface area contributed by atoms with Gasteiger partial charge in [0, 0.05) is 26.0 Å². The largest absolute Gasteiger partial charge is 0.478 e. The molecule has 1 unspecified atom stereocenters. The molecule has 1 amide bonds. The molecular weight excluding hydrogens is 490 g/mol. The van der Waals surface area contributed by atoms with Gasteiger partial charge in [-0.1, -0.05) is 44.7 Å². The maximum atomic E-state index is 13.7. The van der Waals surface area contributed by atoms with E-state index in [1.165, 1.54) is 30.6 Å². The number of hydrogen-bond donors (Lipinski definition) is 1. The summed E-state index contributed by atoms with van der Waals surface area (Å²) >= 11 is 2.94. The number of thioether (sulfide) groups is 2. The molecule has 1 saturated heterocycles. The first-order chi connectivity index (χ1) is 16.4. The monoisotopic (exact) mass is 517 g/mol. The first kappa shape index (κ1) is 25.4. The quantitative estimate of drug-likeness (QED) is 0.548. The fourth-order valence-corrected chi connectivity index (χ4v) is 7.41. The fourth-order valence-electron chi connectivity index (χ4n) is 4.09. The molecule has 1 fully saturated rings. The van der Waals surface area contributed by atoms with Crippen LogP contribution in [-0.4, -0.2) is 70.5 Å². The average molecular weight is 518 g/mol. The zero-order chi connectivity index (χ0) is 25.7. The second-order valence-electron chi connectivity index (χ2n) is 9.54. The van der Waals surface area contributed by atoms with Gasteiger partial charge in [-0.2, -0.15) is 0 Å². The second-order valence-corrected chi connectivity index (χ2v) is 12.5. The summed E-state index contributed by atoms with van der Waals surface area (Å²) in [6.45, 7) is 7.36. The number of allylic oxidation sites excluding steroid dienone is 1. The van der Waals surface area contributed by atoms with Crippen LogP contribution < -0.4 is 0 Å². The van der Waals surface area contributed by atoms with Crippen LogP contribution >= 0.6 is 23.5 Å². The minimum atomic E-state index is -1.00. The number of carbonyl (C=O) groups is 3. The number of hydrogen-bond acceptors (Lipinski definition) is 9. The van der Waals surface area contributed by atoms with E-state index in [0.717, 1.165) is 11.1 Å². The van der Waals surface area contributed by atoms with Crippen LogP contribution in [0.4, 0.5) is 0 Å². The number of carboxylic acid groups (broad SMARTS) is 1. The number of ketones is 1. The molecule has 3 heterocycles. The molecule has 35 heavy (non-hydrogen) atoms. The third-order valence-corrected chi connectivity index (χ3v) is 9.48. The molecule has 10 nitrogen and oxygen atoms in total.